The van der Waals surface area contributed by atoms with Gasteiger partial charge >= 0.3 is 0 Å². The number of hydrogen-bond acceptors (Lipinski definition) is 2. The van der Waals surface area contributed by atoms with Crippen LogP contribution in [0.4, 0.5) is 0 Å². The molecule has 0 aliphatic heterocycles. The SMILES string of the molecule is Cc1ccc(O)c(O[Si](C)(C)C)c1. The van der Waals surface area contributed by atoms with E-state index in [0.29, 0.717) is 5.75 Å². The number of phenolic OH excluding ortho intramolecular Hbond substituents is 1. The van der Waals surface area contributed by atoms with Crippen molar-refractivity contribution in [2.45, 2.75) is 26.6 Å². The fraction of sp³-hybridized carbons (Fsp3) is 0.400. The van der Waals surface area contributed by atoms with Gasteiger partial charge in [0.2, 0.25) is 8.32 Å². The molecule has 0 aromatic heterocycles. The molecule has 0 bridgehead atoms. The van der Waals surface area contributed by atoms with Crippen molar-refractivity contribution in [2.24, 2.45) is 0 Å². The lowest BCUT2D eigenvalue weighted by atomic mass is 10.2. The van der Waals surface area contributed by atoms with Crippen molar-refractivity contribution in [1.82, 2.24) is 0 Å². The summed E-state index contributed by atoms with van der Waals surface area (Å²) in [4.78, 5) is 0. The first kappa shape index (κ1) is 10.1. The molecule has 13 heavy (non-hydrogen) atoms. The molecule has 0 aliphatic rings. The van der Waals surface area contributed by atoms with Gasteiger partial charge in [0.1, 0.15) is 5.75 Å². The fourth-order valence-electron chi connectivity index (χ4n) is 1.03. The van der Waals surface area contributed by atoms with Crippen LogP contribution in [0.3, 0.4) is 0 Å². The highest BCUT2D eigenvalue weighted by Gasteiger charge is 2.17. The maximum atomic E-state index is 9.50. The van der Waals surface area contributed by atoms with E-state index in [4.69, 9.17) is 4.43 Å². The fourth-order valence-corrected chi connectivity index (χ4v) is 1.86. The second-order valence-corrected chi connectivity index (χ2v) is 8.61. The van der Waals surface area contributed by atoms with Crippen LogP contribution < -0.4 is 4.43 Å². The van der Waals surface area contributed by atoms with Crippen molar-refractivity contribution < 1.29 is 9.53 Å². The molecule has 1 N–H and O–H groups in total. The van der Waals surface area contributed by atoms with E-state index in [9.17, 15) is 5.11 Å². The molecule has 0 saturated heterocycles. The Bertz CT molecular complexity index is 302. The van der Waals surface area contributed by atoms with Crippen molar-refractivity contribution in [3.05, 3.63) is 23.8 Å². The van der Waals surface area contributed by atoms with Crippen LogP contribution in [0.1, 0.15) is 5.56 Å². The van der Waals surface area contributed by atoms with Crippen molar-refractivity contribution in [3.63, 3.8) is 0 Å². The first-order valence-corrected chi connectivity index (χ1v) is 7.78. The second kappa shape index (κ2) is 3.42. The molecule has 0 aliphatic carbocycles. The molecule has 1 rings (SSSR count). The van der Waals surface area contributed by atoms with Gasteiger partial charge in [0, 0.05) is 0 Å². The molecule has 0 unspecified atom stereocenters. The molecule has 0 heterocycles. The summed E-state index contributed by atoms with van der Waals surface area (Å²) in [7, 11) is -1.61. The van der Waals surface area contributed by atoms with Crippen LogP contribution in [-0.4, -0.2) is 13.4 Å². The summed E-state index contributed by atoms with van der Waals surface area (Å²) >= 11 is 0. The zero-order chi connectivity index (χ0) is 10.1. The number of rotatable bonds is 2. The number of benzene rings is 1. The van der Waals surface area contributed by atoms with E-state index in [-0.39, 0.29) is 5.75 Å². The summed E-state index contributed by atoms with van der Waals surface area (Å²) in [6.07, 6.45) is 0. The number of phenols is 1. The molecule has 0 saturated carbocycles. The average molecular weight is 196 g/mol. The zero-order valence-electron chi connectivity index (χ0n) is 8.59. The van der Waals surface area contributed by atoms with E-state index >= 15 is 0 Å². The smallest absolute Gasteiger partial charge is 0.242 e. The first-order chi connectivity index (χ1) is 5.88. The molecular formula is C10H16O2Si. The van der Waals surface area contributed by atoms with Crippen LogP contribution in [0.15, 0.2) is 18.2 Å². The summed E-state index contributed by atoms with van der Waals surface area (Å²) in [5.41, 5.74) is 1.10. The summed E-state index contributed by atoms with van der Waals surface area (Å²) in [5, 5.41) is 9.50. The second-order valence-electron chi connectivity index (χ2n) is 4.19. The quantitative estimate of drug-likeness (QED) is 0.737. The highest BCUT2D eigenvalue weighted by atomic mass is 28.4. The van der Waals surface area contributed by atoms with E-state index in [1.165, 1.54) is 0 Å². The molecule has 2 nitrogen and oxygen atoms in total. The minimum atomic E-state index is -1.61. The third kappa shape index (κ3) is 3.11. The molecule has 0 radical (unpaired) electrons. The van der Waals surface area contributed by atoms with Crippen molar-refractivity contribution in [2.75, 3.05) is 0 Å². The summed E-state index contributed by atoms with van der Waals surface area (Å²) in [6, 6.07) is 5.41. The van der Waals surface area contributed by atoms with Crippen LogP contribution >= 0.6 is 0 Å². The molecule has 72 valence electrons. The van der Waals surface area contributed by atoms with Gasteiger partial charge in [-0.15, -0.1) is 0 Å². The first-order valence-electron chi connectivity index (χ1n) is 4.37. The Kier molecular flexibility index (Phi) is 2.66. The summed E-state index contributed by atoms with van der Waals surface area (Å²) in [6.45, 7) is 8.26. The third-order valence-electron chi connectivity index (χ3n) is 1.53. The zero-order valence-corrected chi connectivity index (χ0v) is 9.59. The van der Waals surface area contributed by atoms with Gasteiger partial charge in [0.25, 0.3) is 0 Å². The van der Waals surface area contributed by atoms with E-state index in [2.05, 4.69) is 19.6 Å². The van der Waals surface area contributed by atoms with Crippen LogP contribution in [0.25, 0.3) is 0 Å². The van der Waals surface area contributed by atoms with E-state index in [0.717, 1.165) is 5.56 Å². The van der Waals surface area contributed by atoms with Crippen molar-refractivity contribution in [3.8, 4) is 11.5 Å². The van der Waals surface area contributed by atoms with Gasteiger partial charge in [0.15, 0.2) is 5.75 Å². The van der Waals surface area contributed by atoms with Gasteiger partial charge in [-0.25, -0.2) is 0 Å². The van der Waals surface area contributed by atoms with Crippen LogP contribution in [0.2, 0.25) is 19.6 Å². The van der Waals surface area contributed by atoms with E-state index in [1.807, 2.05) is 19.1 Å². The molecule has 1 aromatic carbocycles. The molecule has 0 atom stereocenters. The topological polar surface area (TPSA) is 29.5 Å². The minimum absolute atomic E-state index is 0.230. The maximum Gasteiger partial charge on any atom is 0.242 e. The van der Waals surface area contributed by atoms with Crippen molar-refractivity contribution in [1.29, 1.82) is 0 Å². The molecule has 0 spiro atoms. The van der Waals surface area contributed by atoms with Gasteiger partial charge in [-0.3, -0.25) is 0 Å². The standard InChI is InChI=1S/C10H16O2Si/c1-8-5-6-9(11)10(7-8)12-13(2,3)4/h5-7,11H,1-4H3. The van der Waals surface area contributed by atoms with E-state index in [1.54, 1.807) is 6.07 Å². The Labute approximate surface area is 80.3 Å². The lowest BCUT2D eigenvalue weighted by molar-refractivity contribution is 0.436. The van der Waals surface area contributed by atoms with Gasteiger partial charge < -0.3 is 9.53 Å². The monoisotopic (exact) mass is 196 g/mol. The van der Waals surface area contributed by atoms with Crippen LogP contribution in [-0.2, 0) is 0 Å². The van der Waals surface area contributed by atoms with Gasteiger partial charge in [-0.1, -0.05) is 6.07 Å². The average Bonchev–Trinajstić information content (AvgIpc) is 1.94. The number of hydrogen-bond donors (Lipinski definition) is 1. The maximum absolute atomic E-state index is 9.50. The molecule has 0 fully saturated rings. The van der Waals surface area contributed by atoms with Crippen LogP contribution in [0, 0.1) is 6.92 Å². The highest BCUT2D eigenvalue weighted by molar-refractivity contribution is 6.70. The minimum Gasteiger partial charge on any atom is -0.542 e. The Morgan fingerprint density at radius 3 is 2.38 bits per heavy atom. The largest absolute Gasteiger partial charge is 0.542 e. The predicted octanol–water partition coefficient (Wildman–Crippen LogP) is 2.91. The summed E-state index contributed by atoms with van der Waals surface area (Å²) in [5.74, 6) is 0.840. The molecule has 1 aromatic rings. The normalized spacial score (nSPS) is 11.4. The Hall–Kier alpha value is -0.963. The number of aryl methyl sites for hydroxylation is 1. The third-order valence-corrected chi connectivity index (χ3v) is 2.36. The Morgan fingerprint density at radius 2 is 1.85 bits per heavy atom. The van der Waals surface area contributed by atoms with Crippen LogP contribution in [0.5, 0.6) is 11.5 Å². The summed E-state index contributed by atoms with van der Waals surface area (Å²) < 4.78 is 5.70. The molecule has 3 heteroatoms. The lowest BCUT2D eigenvalue weighted by Gasteiger charge is -2.20. The molecule has 0 amide bonds. The van der Waals surface area contributed by atoms with Gasteiger partial charge in [0.05, 0.1) is 0 Å². The van der Waals surface area contributed by atoms with Crippen molar-refractivity contribution >= 4 is 8.32 Å². The molecular weight excluding hydrogens is 180 g/mol. The predicted molar refractivity (Wildman–Crippen MR) is 56.8 cm³/mol. The van der Waals surface area contributed by atoms with Gasteiger partial charge in [-0.2, -0.15) is 0 Å². The highest BCUT2D eigenvalue weighted by Crippen LogP contribution is 2.28. The lowest BCUT2D eigenvalue weighted by Crippen LogP contribution is -2.29. The van der Waals surface area contributed by atoms with Gasteiger partial charge in [-0.05, 0) is 44.3 Å². The Balaban J connectivity index is 2.94. The van der Waals surface area contributed by atoms with E-state index < -0.39 is 8.32 Å². The Morgan fingerprint density at radius 1 is 1.23 bits per heavy atom. The number of aromatic hydroxyl groups is 1.